The lowest BCUT2D eigenvalue weighted by Gasteiger charge is -2.18. The molecule has 1 atom stereocenters. The van der Waals surface area contributed by atoms with Gasteiger partial charge >= 0.3 is 5.97 Å². The van der Waals surface area contributed by atoms with E-state index < -0.39 is 6.04 Å². The molecule has 1 unspecified atom stereocenters. The van der Waals surface area contributed by atoms with Crippen LogP contribution in [0.15, 0.2) is 48.5 Å². The number of amides is 1. The maximum absolute atomic E-state index is 12.4. The van der Waals surface area contributed by atoms with Crippen LogP contribution in [0.3, 0.4) is 0 Å². The Labute approximate surface area is 142 Å². The number of hydrogen-bond donors (Lipinski definition) is 1. The maximum Gasteiger partial charge on any atom is 0.307 e. The van der Waals surface area contributed by atoms with Gasteiger partial charge in [-0.1, -0.05) is 48.5 Å². The number of carbonyl (C=O) groups excluding carboxylic acids is 2. The predicted octanol–water partition coefficient (Wildman–Crippen LogP) is 3.27. The summed E-state index contributed by atoms with van der Waals surface area (Å²) >= 11 is 0. The van der Waals surface area contributed by atoms with Crippen LogP contribution in [0.2, 0.25) is 0 Å². The molecule has 4 nitrogen and oxygen atoms in total. The minimum absolute atomic E-state index is 0.110. The van der Waals surface area contributed by atoms with Gasteiger partial charge in [-0.15, -0.1) is 0 Å². The summed E-state index contributed by atoms with van der Waals surface area (Å²) in [6.07, 6.45) is 0.394. The standard InChI is InChI=1S/C20H23NO3/c1-14-9-10-16(11-15(14)2)12-19(22)21-18(13-20(23)24-3)17-7-5-4-6-8-17/h4-11,18H,12-13H2,1-3H3,(H,21,22). The molecule has 0 aliphatic rings. The molecule has 0 aromatic heterocycles. The summed E-state index contributed by atoms with van der Waals surface area (Å²) in [7, 11) is 1.35. The Morgan fingerprint density at radius 2 is 1.75 bits per heavy atom. The molecule has 0 aliphatic heterocycles. The van der Waals surface area contributed by atoms with Crippen LogP contribution < -0.4 is 5.32 Å². The van der Waals surface area contributed by atoms with Crippen LogP contribution in [0, 0.1) is 13.8 Å². The first-order chi connectivity index (χ1) is 11.5. The first-order valence-electron chi connectivity index (χ1n) is 7.97. The number of rotatable bonds is 6. The lowest BCUT2D eigenvalue weighted by Crippen LogP contribution is -2.31. The second-order valence-electron chi connectivity index (χ2n) is 5.91. The minimum Gasteiger partial charge on any atom is -0.469 e. The third-order valence-electron chi connectivity index (χ3n) is 4.07. The predicted molar refractivity (Wildman–Crippen MR) is 93.6 cm³/mol. The van der Waals surface area contributed by atoms with Gasteiger partial charge in [0.1, 0.15) is 0 Å². The molecule has 0 spiro atoms. The second kappa shape index (κ2) is 8.29. The highest BCUT2D eigenvalue weighted by atomic mass is 16.5. The Kier molecular flexibility index (Phi) is 6.13. The highest BCUT2D eigenvalue weighted by Gasteiger charge is 2.19. The first-order valence-corrected chi connectivity index (χ1v) is 7.97. The van der Waals surface area contributed by atoms with E-state index in [2.05, 4.69) is 5.32 Å². The molecule has 0 radical (unpaired) electrons. The van der Waals surface area contributed by atoms with Crippen molar-refractivity contribution in [1.82, 2.24) is 5.32 Å². The summed E-state index contributed by atoms with van der Waals surface area (Å²) in [4.78, 5) is 24.0. The van der Waals surface area contributed by atoms with Gasteiger partial charge in [0.2, 0.25) is 5.91 Å². The summed E-state index contributed by atoms with van der Waals surface area (Å²) < 4.78 is 4.74. The van der Waals surface area contributed by atoms with Crippen LogP contribution >= 0.6 is 0 Å². The number of nitrogens with one attached hydrogen (secondary N) is 1. The molecule has 0 aliphatic carbocycles. The number of esters is 1. The SMILES string of the molecule is COC(=O)CC(NC(=O)Cc1ccc(C)c(C)c1)c1ccccc1. The Hall–Kier alpha value is -2.62. The highest BCUT2D eigenvalue weighted by Crippen LogP contribution is 2.18. The Bertz CT molecular complexity index is 710. The van der Waals surface area contributed by atoms with E-state index in [-0.39, 0.29) is 24.7 Å². The van der Waals surface area contributed by atoms with Crippen LogP contribution in [0.25, 0.3) is 0 Å². The van der Waals surface area contributed by atoms with Crippen LogP contribution in [-0.2, 0) is 20.7 Å². The third kappa shape index (κ3) is 4.95. The number of benzene rings is 2. The number of hydrogen-bond acceptors (Lipinski definition) is 3. The van der Waals surface area contributed by atoms with E-state index in [0.717, 1.165) is 16.7 Å². The van der Waals surface area contributed by atoms with Crippen molar-refractivity contribution in [3.63, 3.8) is 0 Å². The smallest absolute Gasteiger partial charge is 0.307 e. The molecule has 0 saturated carbocycles. The van der Waals surface area contributed by atoms with Crippen LogP contribution in [-0.4, -0.2) is 19.0 Å². The largest absolute Gasteiger partial charge is 0.469 e. The quantitative estimate of drug-likeness (QED) is 0.829. The fourth-order valence-corrected chi connectivity index (χ4v) is 2.53. The van der Waals surface area contributed by atoms with Crippen LogP contribution in [0.1, 0.15) is 34.7 Å². The molecule has 4 heteroatoms. The Morgan fingerprint density at radius 1 is 1.04 bits per heavy atom. The average molecular weight is 325 g/mol. The monoisotopic (exact) mass is 325 g/mol. The molecular weight excluding hydrogens is 302 g/mol. The zero-order valence-corrected chi connectivity index (χ0v) is 14.3. The highest BCUT2D eigenvalue weighted by molar-refractivity contribution is 5.80. The van der Waals surface area contributed by atoms with Crippen molar-refractivity contribution in [2.45, 2.75) is 32.7 Å². The van der Waals surface area contributed by atoms with E-state index in [4.69, 9.17) is 4.74 Å². The maximum atomic E-state index is 12.4. The molecule has 0 fully saturated rings. The van der Waals surface area contributed by atoms with Crippen molar-refractivity contribution in [2.24, 2.45) is 0 Å². The molecule has 0 heterocycles. The number of ether oxygens (including phenoxy) is 1. The summed E-state index contributed by atoms with van der Waals surface area (Å²) in [5.41, 5.74) is 4.21. The van der Waals surface area contributed by atoms with E-state index >= 15 is 0 Å². The van der Waals surface area contributed by atoms with Gasteiger partial charge in [-0.05, 0) is 36.1 Å². The Balaban J connectivity index is 2.08. The summed E-state index contributed by atoms with van der Waals surface area (Å²) in [6.45, 7) is 4.07. The lowest BCUT2D eigenvalue weighted by molar-refractivity contribution is -0.141. The summed E-state index contributed by atoms with van der Waals surface area (Å²) in [5, 5.41) is 2.94. The van der Waals surface area contributed by atoms with Crippen molar-refractivity contribution < 1.29 is 14.3 Å². The molecule has 126 valence electrons. The van der Waals surface area contributed by atoms with Gasteiger partial charge in [0, 0.05) is 0 Å². The zero-order chi connectivity index (χ0) is 17.5. The fourth-order valence-electron chi connectivity index (χ4n) is 2.53. The van der Waals surface area contributed by atoms with Crippen molar-refractivity contribution >= 4 is 11.9 Å². The van der Waals surface area contributed by atoms with Crippen molar-refractivity contribution in [2.75, 3.05) is 7.11 Å². The number of aryl methyl sites for hydroxylation is 2. The van der Waals surface area contributed by atoms with Gasteiger partial charge in [-0.25, -0.2) is 0 Å². The van der Waals surface area contributed by atoms with Gasteiger partial charge in [0.25, 0.3) is 0 Å². The number of methoxy groups -OCH3 is 1. The molecule has 1 N–H and O–H groups in total. The van der Waals surface area contributed by atoms with Gasteiger partial charge in [-0.2, -0.15) is 0 Å². The molecule has 0 bridgehead atoms. The van der Waals surface area contributed by atoms with Crippen molar-refractivity contribution in [3.8, 4) is 0 Å². The van der Waals surface area contributed by atoms with Gasteiger partial charge in [0.05, 0.1) is 26.0 Å². The molecule has 2 rings (SSSR count). The van der Waals surface area contributed by atoms with E-state index in [0.29, 0.717) is 0 Å². The van der Waals surface area contributed by atoms with Gasteiger partial charge in [-0.3, -0.25) is 9.59 Å². The topological polar surface area (TPSA) is 55.4 Å². The third-order valence-corrected chi connectivity index (χ3v) is 4.07. The molecular formula is C20H23NO3. The lowest BCUT2D eigenvalue weighted by atomic mass is 10.0. The fraction of sp³-hybridized carbons (Fsp3) is 0.300. The normalized spacial score (nSPS) is 11.6. The van der Waals surface area contributed by atoms with Gasteiger partial charge in [0.15, 0.2) is 0 Å². The van der Waals surface area contributed by atoms with E-state index in [1.165, 1.54) is 12.7 Å². The molecule has 2 aromatic carbocycles. The number of carbonyl (C=O) groups is 2. The zero-order valence-electron chi connectivity index (χ0n) is 14.3. The first kappa shape index (κ1) is 17.7. The molecule has 0 saturated heterocycles. The summed E-state index contributed by atoms with van der Waals surface area (Å²) in [6, 6.07) is 15.1. The van der Waals surface area contributed by atoms with Crippen molar-refractivity contribution in [1.29, 1.82) is 0 Å². The summed E-state index contributed by atoms with van der Waals surface area (Å²) in [5.74, 6) is -0.466. The van der Waals surface area contributed by atoms with E-state index in [1.54, 1.807) is 0 Å². The van der Waals surface area contributed by atoms with E-state index in [1.807, 2.05) is 62.4 Å². The molecule has 24 heavy (non-hydrogen) atoms. The second-order valence-corrected chi connectivity index (χ2v) is 5.91. The van der Waals surface area contributed by atoms with Crippen molar-refractivity contribution in [3.05, 3.63) is 70.8 Å². The van der Waals surface area contributed by atoms with E-state index in [9.17, 15) is 9.59 Å². The molecule has 1 amide bonds. The Morgan fingerprint density at radius 3 is 2.38 bits per heavy atom. The van der Waals surface area contributed by atoms with Crippen LogP contribution in [0.5, 0.6) is 0 Å². The average Bonchev–Trinajstić information content (AvgIpc) is 2.58. The molecule has 2 aromatic rings. The van der Waals surface area contributed by atoms with Gasteiger partial charge < -0.3 is 10.1 Å². The minimum atomic E-state index is -0.391. The van der Waals surface area contributed by atoms with Crippen LogP contribution in [0.4, 0.5) is 0 Å².